The van der Waals surface area contributed by atoms with E-state index in [0.29, 0.717) is 5.69 Å². The SMILES string of the molecule is O=S(=O)(Oc1ccc(N(c2ccc(-c3ccccc3)cc2)c2c(-c3ccccc3)cccc2-c2ccccc2)cc1)C(F)(F)F. The Balaban J connectivity index is 1.55. The van der Waals surface area contributed by atoms with Crippen LogP contribution in [0.15, 0.2) is 158 Å². The number of hydrogen-bond acceptors (Lipinski definition) is 4. The van der Waals surface area contributed by atoms with Gasteiger partial charge in [-0.15, -0.1) is 0 Å². The van der Waals surface area contributed by atoms with Crippen molar-refractivity contribution in [2.45, 2.75) is 5.51 Å². The zero-order valence-corrected chi connectivity index (χ0v) is 24.5. The lowest BCUT2D eigenvalue weighted by atomic mass is 9.94. The van der Waals surface area contributed by atoms with Gasteiger partial charge in [-0.1, -0.05) is 121 Å². The first-order valence-electron chi connectivity index (χ1n) is 14.0. The number of hydrogen-bond donors (Lipinski definition) is 0. The molecule has 0 heterocycles. The number of halogens is 3. The predicted molar refractivity (Wildman–Crippen MR) is 173 cm³/mol. The molecule has 0 aliphatic rings. The van der Waals surface area contributed by atoms with Crippen LogP contribution in [0.2, 0.25) is 0 Å². The first-order valence-corrected chi connectivity index (χ1v) is 15.4. The van der Waals surface area contributed by atoms with Gasteiger partial charge in [-0.2, -0.15) is 21.6 Å². The van der Waals surface area contributed by atoms with Crippen molar-refractivity contribution in [3.63, 3.8) is 0 Å². The number of rotatable bonds is 8. The molecule has 6 rings (SSSR count). The second-order valence-electron chi connectivity index (χ2n) is 10.2. The zero-order valence-electron chi connectivity index (χ0n) is 23.7. The minimum Gasteiger partial charge on any atom is -0.376 e. The first kappa shape index (κ1) is 29.7. The summed E-state index contributed by atoms with van der Waals surface area (Å²) in [5.74, 6) is -0.449. The molecule has 224 valence electrons. The molecule has 8 heteroatoms. The van der Waals surface area contributed by atoms with Crippen LogP contribution in [0.5, 0.6) is 5.75 Å². The third-order valence-electron chi connectivity index (χ3n) is 7.25. The van der Waals surface area contributed by atoms with Crippen molar-refractivity contribution in [2.75, 3.05) is 4.90 Å². The van der Waals surface area contributed by atoms with E-state index in [2.05, 4.69) is 4.18 Å². The number of anilines is 3. The lowest BCUT2D eigenvalue weighted by Crippen LogP contribution is -2.28. The van der Waals surface area contributed by atoms with Gasteiger partial charge in [0, 0.05) is 22.5 Å². The van der Waals surface area contributed by atoms with Gasteiger partial charge in [0.05, 0.1) is 5.69 Å². The van der Waals surface area contributed by atoms with Crippen LogP contribution in [0.4, 0.5) is 30.2 Å². The van der Waals surface area contributed by atoms with E-state index in [4.69, 9.17) is 0 Å². The first-order chi connectivity index (χ1) is 21.7. The Morgan fingerprint density at radius 1 is 0.467 bits per heavy atom. The summed E-state index contributed by atoms with van der Waals surface area (Å²) >= 11 is 0. The van der Waals surface area contributed by atoms with Crippen LogP contribution in [-0.2, 0) is 10.1 Å². The number of para-hydroxylation sites is 1. The zero-order chi connectivity index (χ0) is 31.4. The molecule has 0 radical (unpaired) electrons. The van der Waals surface area contributed by atoms with Crippen LogP contribution in [-0.4, -0.2) is 13.9 Å². The second-order valence-corrected chi connectivity index (χ2v) is 11.7. The van der Waals surface area contributed by atoms with Gasteiger partial charge in [0.25, 0.3) is 0 Å². The molecular weight excluding hydrogens is 595 g/mol. The summed E-state index contributed by atoms with van der Waals surface area (Å²) < 4.78 is 66.8. The minimum absolute atomic E-state index is 0.449. The van der Waals surface area contributed by atoms with Gasteiger partial charge in [0.2, 0.25) is 0 Å². The van der Waals surface area contributed by atoms with Crippen LogP contribution in [0.25, 0.3) is 33.4 Å². The van der Waals surface area contributed by atoms with Crippen molar-refractivity contribution in [3.8, 4) is 39.1 Å². The molecule has 4 nitrogen and oxygen atoms in total. The number of alkyl halides is 3. The van der Waals surface area contributed by atoms with Crippen LogP contribution in [0, 0.1) is 0 Å². The molecule has 6 aromatic carbocycles. The fourth-order valence-corrected chi connectivity index (χ4v) is 5.61. The standard InChI is InChI=1S/C37H26F3NO3S/c38-37(39,40)45(42,43)44-33-25-23-32(24-26-33)41(31-21-19-28(20-22-31)27-11-4-1-5-12-27)36-34(29-13-6-2-7-14-29)17-10-18-35(36)30-15-8-3-9-16-30/h1-26H. The number of nitrogens with zero attached hydrogens (tertiary/aromatic N) is 1. The smallest absolute Gasteiger partial charge is 0.376 e. The highest BCUT2D eigenvalue weighted by Gasteiger charge is 2.48. The summed E-state index contributed by atoms with van der Waals surface area (Å²) in [6, 6.07) is 49.3. The van der Waals surface area contributed by atoms with Gasteiger partial charge in [-0.3, -0.25) is 0 Å². The Morgan fingerprint density at radius 2 is 0.867 bits per heavy atom. The third-order valence-corrected chi connectivity index (χ3v) is 8.22. The van der Waals surface area contributed by atoms with Gasteiger partial charge in [0.15, 0.2) is 0 Å². The molecule has 0 aliphatic heterocycles. The van der Waals surface area contributed by atoms with Crippen molar-refractivity contribution in [1.82, 2.24) is 0 Å². The van der Waals surface area contributed by atoms with Gasteiger partial charge in [-0.05, 0) is 58.7 Å². The molecule has 0 bridgehead atoms. The molecular formula is C37H26F3NO3S. The lowest BCUT2D eigenvalue weighted by molar-refractivity contribution is -0.0500. The summed E-state index contributed by atoms with van der Waals surface area (Å²) in [7, 11) is -5.82. The Kier molecular flexibility index (Phi) is 8.15. The maximum absolute atomic E-state index is 13.0. The molecule has 0 atom stereocenters. The van der Waals surface area contributed by atoms with E-state index in [1.54, 1.807) is 12.1 Å². The summed E-state index contributed by atoms with van der Waals surface area (Å²) in [5.41, 5.74) is 2.49. The second kappa shape index (κ2) is 12.3. The highest BCUT2D eigenvalue weighted by Crippen LogP contribution is 2.47. The molecule has 0 aromatic heterocycles. The van der Waals surface area contributed by atoms with Gasteiger partial charge in [-0.25, -0.2) is 0 Å². The topological polar surface area (TPSA) is 46.6 Å². The van der Waals surface area contributed by atoms with E-state index < -0.39 is 21.4 Å². The third kappa shape index (κ3) is 6.32. The molecule has 6 aromatic rings. The molecule has 0 saturated heterocycles. The molecule has 0 fully saturated rings. The van der Waals surface area contributed by atoms with Crippen LogP contribution in [0.3, 0.4) is 0 Å². The van der Waals surface area contributed by atoms with Crippen molar-refractivity contribution in [1.29, 1.82) is 0 Å². The van der Waals surface area contributed by atoms with Crippen LogP contribution >= 0.6 is 0 Å². The Bertz CT molecular complexity index is 1940. The minimum atomic E-state index is -5.82. The molecule has 0 amide bonds. The van der Waals surface area contributed by atoms with Gasteiger partial charge in [0.1, 0.15) is 5.75 Å². The average molecular weight is 622 g/mol. The highest BCUT2D eigenvalue weighted by molar-refractivity contribution is 7.88. The largest absolute Gasteiger partial charge is 0.534 e. The summed E-state index contributed by atoms with van der Waals surface area (Å²) in [4.78, 5) is 2.02. The van der Waals surface area contributed by atoms with E-state index >= 15 is 0 Å². The maximum Gasteiger partial charge on any atom is 0.534 e. The van der Waals surface area contributed by atoms with Crippen LogP contribution in [0.1, 0.15) is 0 Å². The van der Waals surface area contributed by atoms with E-state index in [-0.39, 0.29) is 0 Å². The van der Waals surface area contributed by atoms with Gasteiger partial charge >= 0.3 is 15.6 Å². The van der Waals surface area contributed by atoms with E-state index in [9.17, 15) is 21.6 Å². The van der Waals surface area contributed by atoms with Crippen molar-refractivity contribution >= 4 is 27.2 Å². The average Bonchev–Trinajstić information content (AvgIpc) is 3.06. The molecule has 0 unspecified atom stereocenters. The summed E-state index contributed by atoms with van der Waals surface area (Å²) in [6.45, 7) is 0. The lowest BCUT2D eigenvalue weighted by Gasteiger charge is -2.30. The molecule has 0 spiro atoms. The van der Waals surface area contributed by atoms with Crippen molar-refractivity contribution in [2.24, 2.45) is 0 Å². The fraction of sp³-hybridized carbons (Fsp3) is 0.0270. The van der Waals surface area contributed by atoms with E-state index in [1.807, 2.05) is 138 Å². The van der Waals surface area contributed by atoms with Crippen molar-refractivity contribution in [3.05, 3.63) is 158 Å². The summed E-state index contributed by atoms with van der Waals surface area (Å²) in [5, 5.41) is 0. The van der Waals surface area contributed by atoms with E-state index in [0.717, 1.165) is 44.8 Å². The van der Waals surface area contributed by atoms with Gasteiger partial charge < -0.3 is 9.08 Å². The molecule has 45 heavy (non-hydrogen) atoms. The maximum atomic E-state index is 13.0. The summed E-state index contributed by atoms with van der Waals surface area (Å²) in [6.07, 6.45) is 0. The Morgan fingerprint density at radius 3 is 1.31 bits per heavy atom. The molecule has 0 N–H and O–H groups in total. The normalized spacial score (nSPS) is 11.6. The molecule has 0 saturated carbocycles. The monoisotopic (exact) mass is 621 g/mol. The molecule has 0 aliphatic carbocycles. The quantitative estimate of drug-likeness (QED) is 0.125. The Hall–Kier alpha value is -5.34. The number of benzene rings is 6. The fourth-order valence-electron chi connectivity index (χ4n) is 5.15. The predicted octanol–water partition coefficient (Wildman–Crippen LogP) is 10.4. The van der Waals surface area contributed by atoms with Crippen LogP contribution < -0.4 is 9.08 Å². The highest BCUT2D eigenvalue weighted by atomic mass is 32.2. The van der Waals surface area contributed by atoms with Crippen molar-refractivity contribution < 1.29 is 25.8 Å². The van der Waals surface area contributed by atoms with E-state index in [1.165, 1.54) is 12.1 Å². The Labute approximate surface area is 259 Å².